The number of rotatable bonds is 14. The molecule has 1 aromatic carbocycles. The summed E-state index contributed by atoms with van der Waals surface area (Å²) in [5, 5.41) is 5.44. The summed E-state index contributed by atoms with van der Waals surface area (Å²) < 4.78 is 32.1. The van der Waals surface area contributed by atoms with Gasteiger partial charge in [-0.05, 0) is 39.8 Å². The lowest BCUT2D eigenvalue weighted by atomic mass is 10.1. The maximum absolute atomic E-state index is 14.1. The van der Waals surface area contributed by atoms with Gasteiger partial charge in [0.15, 0.2) is 11.5 Å². The van der Waals surface area contributed by atoms with Crippen molar-refractivity contribution in [1.82, 2.24) is 29.7 Å². The van der Waals surface area contributed by atoms with Gasteiger partial charge in [-0.15, -0.1) is 0 Å². The Morgan fingerprint density at radius 1 is 1.21 bits per heavy atom. The monoisotopic (exact) mass is 581 g/mol. The number of amides is 1. The van der Waals surface area contributed by atoms with Gasteiger partial charge in [-0.2, -0.15) is 0 Å². The third kappa shape index (κ3) is 8.20. The van der Waals surface area contributed by atoms with Gasteiger partial charge in [0.2, 0.25) is 0 Å². The van der Waals surface area contributed by atoms with Gasteiger partial charge < -0.3 is 24.5 Å². The number of hydrogen-bond acceptors (Lipinski definition) is 10. The lowest BCUT2D eigenvalue weighted by molar-refractivity contribution is -0.151. The quantitative estimate of drug-likeness (QED) is 0.145. The number of imidazole rings is 1. The Kier molecular flexibility index (Phi) is 10.4. The molecule has 0 radical (unpaired) electrons. The van der Waals surface area contributed by atoms with Crippen LogP contribution in [0.25, 0.3) is 11.2 Å². The van der Waals surface area contributed by atoms with Crippen molar-refractivity contribution >= 4 is 47.9 Å². The van der Waals surface area contributed by atoms with Gasteiger partial charge in [-0.25, -0.2) is 20.0 Å². The summed E-state index contributed by atoms with van der Waals surface area (Å²) in [4.78, 5) is 38.1. The number of nitrogen functional groups attached to an aromatic ring is 1. The Hall–Kier alpha value is -3.09. The first-order chi connectivity index (χ1) is 18.5. The minimum Gasteiger partial charge on any atom is -0.462 e. The topological polar surface area (TPSA) is 173 Å². The molecule has 0 aliphatic carbocycles. The second-order valence-corrected chi connectivity index (χ2v) is 11.8. The number of nitrogens with two attached hydrogens (primary N) is 1. The first kappa shape index (κ1) is 30.5. The van der Waals surface area contributed by atoms with E-state index in [9.17, 15) is 14.2 Å². The average molecular weight is 582 g/mol. The molecule has 3 aromatic rings. The first-order valence-corrected chi connectivity index (χ1v) is 14.5. The minimum absolute atomic E-state index is 0.0224. The third-order valence-corrected chi connectivity index (χ3v) is 7.79. The van der Waals surface area contributed by atoms with Crippen molar-refractivity contribution in [2.75, 3.05) is 31.9 Å². The molecule has 1 amide bonds. The van der Waals surface area contributed by atoms with E-state index in [1.165, 1.54) is 26.2 Å². The molecule has 39 heavy (non-hydrogen) atoms. The molecular formula is C24H33ClN7O6P. The van der Waals surface area contributed by atoms with Gasteiger partial charge in [0.25, 0.3) is 13.4 Å². The van der Waals surface area contributed by atoms with E-state index in [1.54, 1.807) is 36.0 Å². The summed E-state index contributed by atoms with van der Waals surface area (Å²) in [6.07, 6.45) is 1.93. The summed E-state index contributed by atoms with van der Waals surface area (Å²) in [7, 11) is -3.91. The predicted octanol–water partition coefficient (Wildman–Crippen LogP) is 3.00. The predicted molar refractivity (Wildman–Crippen MR) is 146 cm³/mol. The molecule has 0 aliphatic rings. The Morgan fingerprint density at radius 2 is 1.95 bits per heavy atom. The molecule has 0 aliphatic heterocycles. The highest BCUT2D eigenvalue weighted by molar-refractivity contribution is 7.60. The molecule has 3 rings (SSSR count). The van der Waals surface area contributed by atoms with E-state index in [-0.39, 0.29) is 36.2 Å². The van der Waals surface area contributed by atoms with E-state index in [1.807, 2.05) is 6.92 Å². The van der Waals surface area contributed by atoms with Crippen LogP contribution in [0.3, 0.4) is 0 Å². The zero-order valence-corrected chi connectivity index (χ0v) is 23.9. The van der Waals surface area contributed by atoms with Crippen molar-refractivity contribution in [2.45, 2.75) is 45.9 Å². The standard InChI is InChI=1S/C24H33ClN7O6P/c1-5-36-10-11-37-23(34)24(3,4)31-39(35,30-22(33)17-8-6-7-9-18(17)25)15-38-16(2)12-32-14-29-19-20(26)27-13-28-21(19)32/h6-9,13-14,16H,5,10-12,15H2,1-4H3,(H2,26,27,28)(H2,30,31,33,35)/t16-,39+/m1/s1. The number of fused-ring (bicyclic) bond motifs is 1. The summed E-state index contributed by atoms with van der Waals surface area (Å²) >= 11 is 6.16. The molecule has 13 nitrogen and oxygen atoms in total. The summed E-state index contributed by atoms with van der Waals surface area (Å²) in [6, 6.07) is 6.33. The Morgan fingerprint density at radius 3 is 2.67 bits per heavy atom. The van der Waals surface area contributed by atoms with Crippen LogP contribution >= 0.6 is 19.0 Å². The van der Waals surface area contributed by atoms with E-state index in [2.05, 4.69) is 25.1 Å². The normalized spacial score (nSPS) is 14.1. The highest BCUT2D eigenvalue weighted by Crippen LogP contribution is 2.40. The van der Waals surface area contributed by atoms with Gasteiger partial charge in [0.05, 0.1) is 36.2 Å². The first-order valence-electron chi connectivity index (χ1n) is 12.2. The highest BCUT2D eigenvalue weighted by atomic mass is 35.5. The number of anilines is 1. The van der Waals surface area contributed by atoms with E-state index in [0.29, 0.717) is 17.8 Å². The van der Waals surface area contributed by atoms with Crippen LogP contribution < -0.4 is 15.9 Å². The molecule has 212 valence electrons. The third-order valence-electron chi connectivity index (χ3n) is 5.46. The summed E-state index contributed by atoms with van der Waals surface area (Å²) in [6.45, 7) is 7.58. The van der Waals surface area contributed by atoms with Gasteiger partial charge in [-0.1, -0.05) is 23.7 Å². The maximum atomic E-state index is 14.1. The number of carbonyl (C=O) groups is 2. The number of nitrogens with zero attached hydrogens (tertiary/aromatic N) is 4. The van der Waals surface area contributed by atoms with Crippen molar-refractivity contribution in [3.63, 3.8) is 0 Å². The van der Waals surface area contributed by atoms with Crippen molar-refractivity contribution in [2.24, 2.45) is 0 Å². The number of esters is 1. The lowest BCUT2D eigenvalue weighted by Gasteiger charge is -2.31. The Balaban J connectivity index is 1.75. The number of ether oxygens (including phenoxy) is 3. The molecule has 2 aromatic heterocycles. The largest absolute Gasteiger partial charge is 0.462 e. The van der Waals surface area contributed by atoms with Crippen LogP contribution in [0.5, 0.6) is 0 Å². The van der Waals surface area contributed by atoms with Gasteiger partial charge >= 0.3 is 5.97 Å². The summed E-state index contributed by atoms with van der Waals surface area (Å²) in [5.74, 6) is -1.12. The highest BCUT2D eigenvalue weighted by Gasteiger charge is 2.39. The Bertz CT molecular complexity index is 1350. The van der Waals surface area contributed by atoms with Crippen LogP contribution in [-0.4, -0.2) is 69.2 Å². The lowest BCUT2D eigenvalue weighted by Crippen LogP contribution is -2.49. The zero-order valence-electron chi connectivity index (χ0n) is 22.2. The summed E-state index contributed by atoms with van der Waals surface area (Å²) in [5.41, 5.74) is 5.49. The molecule has 0 fully saturated rings. The molecule has 2 atom stereocenters. The van der Waals surface area contributed by atoms with Crippen LogP contribution in [-0.2, 0) is 30.1 Å². The molecular weight excluding hydrogens is 549 g/mol. The second-order valence-electron chi connectivity index (χ2n) is 9.16. The number of benzene rings is 1. The molecule has 15 heteroatoms. The van der Waals surface area contributed by atoms with Gasteiger partial charge in [0, 0.05) is 6.61 Å². The molecule has 0 saturated heterocycles. The fourth-order valence-electron chi connectivity index (χ4n) is 3.57. The fraction of sp³-hybridized carbons (Fsp3) is 0.458. The second kappa shape index (κ2) is 13.3. The van der Waals surface area contributed by atoms with E-state index < -0.39 is 37.3 Å². The molecule has 0 saturated carbocycles. The van der Waals surface area contributed by atoms with Crippen LogP contribution in [0.1, 0.15) is 38.1 Å². The average Bonchev–Trinajstić information content (AvgIpc) is 3.29. The smallest absolute Gasteiger partial charge is 0.326 e. The van der Waals surface area contributed by atoms with Crippen LogP contribution in [0.15, 0.2) is 36.9 Å². The number of halogens is 1. The molecule has 2 heterocycles. The van der Waals surface area contributed by atoms with E-state index in [0.717, 1.165) is 0 Å². The van der Waals surface area contributed by atoms with Crippen molar-refractivity contribution in [3.05, 3.63) is 47.5 Å². The van der Waals surface area contributed by atoms with Gasteiger partial charge in [0.1, 0.15) is 30.3 Å². The van der Waals surface area contributed by atoms with Crippen molar-refractivity contribution in [3.8, 4) is 0 Å². The molecule has 0 spiro atoms. The zero-order chi connectivity index (χ0) is 28.6. The number of hydrogen-bond donors (Lipinski definition) is 3. The van der Waals surface area contributed by atoms with Crippen LogP contribution in [0, 0.1) is 0 Å². The van der Waals surface area contributed by atoms with E-state index >= 15 is 0 Å². The fourth-order valence-corrected chi connectivity index (χ4v) is 5.89. The number of aromatic nitrogens is 4. The maximum Gasteiger partial charge on any atom is 0.326 e. The molecule has 0 bridgehead atoms. The Labute approximate surface area is 231 Å². The van der Waals surface area contributed by atoms with Crippen LogP contribution in [0.2, 0.25) is 5.02 Å². The van der Waals surface area contributed by atoms with Crippen molar-refractivity contribution in [1.29, 1.82) is 0 Å². The van der Waals surface area contributed by atoms with E-state index in [4.69, 9.17) is 31.5 Å². The SMILES string of the molecule is CCOCCOC(=O)C(C)(C)N[P@](=O)(CO[C@H](C)Cn1cnc2c(N)ncnc21)NC(=O)c1ccccc1Cl. The van der Waals surface area contributed by atoms with Crippen LogP contribution in [0.4, 0.5) is 5.82 Å². The molecule has 0 unspecified atom stereocenters. The minimum atomic E-state index is -3.91. The number of nitrogens with one attached hydrogen (secondary N) is 2. The number of carbonyl (C=O) groups excluding carboxylic acids is 2. The van der Waals surface area contributed by atoms with Gasteiger partial charge in [-0.3, -0.25) is 19.2 Å². The molecule has 4 N–H and O–H groups in total. The van der Waals surface area contributed by atoms with Crippen molar-refractivity contribution < 1.29 is 28.4 Å².